The molecule has 1 heterocycles. The van der Waals surface area contributed by atoms with Crippen LogP contribution in [-0.2, 0) is 9.47 Å². The molecule has 116 valence electrons. The Bertz CT molecular complexity index is 515. The molecule has 0 spiro atoms. The number of carbonyl (C=O) groups excluding carboxylic acids is 1. The zero-order valence-corrected chi connectivity index (χ0v) is 13.6. The molecule has 2 atom stereocenters. The van der Waals surface area contributed by atoms with Crippen molar-refractivity contribution in [3.05, 3.63) is 34.4 Å². The number of nitrogens with zero attached hydrogens (tertiary/aromatic N) is 1. The van der Waals surface area contributed by atoms with Gasteiger partial charge in [0.15, 0.2) is 5.78 Å². The van der Waals surface area contributed by atoms with E-state index in [9.17, 15) is 4.79 Å². The van der Waals surface area contributed by atoms with Crippen LogP contribution in [0, 0.1) is 20.8 Å². The summed E-state index contributed by atoms with van der Waals surface area (Å²) in [5.74, 6) is 0.169. The number of hydrogen-bond acceptors (Lipinski definition) is 4. The molecule has 0 aliphatic carbocycles. The Labute approximate surface area is 127 Å². The number of ether oxygens (including phenoxy) is 2. The summed E-state index contributed by atoms with van der Waals surface area (Å²) in [6.45, 7) is 8.02. The van der Waals surface area contributed by atoms with Gasteiger partial charge >= 0.3 is 0 Å². The molecule has 1 aromatic rings. The maximum absolute atomic E-state index is 12.6. The molecule has 1 fully saturated rings. The van der Waals surface area contributed by atoms with E-state index in [-0.39, 0.29) is 18.0 Å². The number of likely N-dealkylation sites (tertiary alicyclic amines) is 1. The summed E-state index contributed by atoms with van der Waals surface area (Å²) in [7, 11) is 3.38. The van der Waals surface area contributed by atoms with E-state index in [1.165, 1.54) is 5.56 Å². The highest BCUT2D eigenvalue weighted by Gasteiger charge is 2.33. The average molecular weight is 291 g/mol. The van der Waals surface area contributed by atoms with E-state index < -0.39 is 0 Å². The van der Waals surface area contributed by atoms with E-state index in [4.69, 9.17) is 9.47 Å². The summed E-state index contributed by atoms with van der Waals surface area (Å²) in [4.78, 5) is 14.7. The standard InChI is InChI=1S/C17H25NO3/c1-11-6-13(3)14(7-12(11)2)15(19)8-18-9-16(20-4)17(10-18)21-5/h6-7,16-17H,8-10H2,1-5H3. The summed E-state index contributed by atoms with van der Waals surface area (Å²) in [6.07, 6.45) is 0.0901. The van der Waals surface area contributed by atoms with Crippen molar-refractivity contribution in [1.82, 2.24) is 4.90 Å². The van der Waals surface area contributed by atoms with Crippen LogP contribution in [0.2, 0.25) is 0 Å². The van der Waals surface area contributed by atoms with Gasteiger partial charge in [0.2, 0.25) is 0 Å². The number of aryl methyl sites for hydroxylation is 3. The molecular weight excluding hydrogens is 266 g/mol. The monoisotopic (exact) mass is 291 g/mol. The van der Waals surface area contributed by atoms with Gasteiger partial charge in [0.1, 0.15) is 0 Å². The molecular formula is C17H25NO3. The number of rotatable bonds is 5. The number of benzene rings is 1. The Morgan fingerprint density at radius 2 is 1.57 bits per heavy atom. The molecule has 21 heavy (non-hydrogen) atoms. The molecule has 0 N–H and O–H groups in total. The summed E-state index contributed by atoms with van der Waals surface area (Å²) in [5.41, 5.74) is 4.26. The van der Waals surface area contributed by atoms with Gasteiger partial charge in [0.25, 0.3) is 0 Å². The summed E-state index contributed by atoms with van der Waals surface area (Å²) in [5, 5.41) is 0. The molecule has 0 amide bonds. The highest BCUT2D eigenvalue weighted by Crippen LogP contribution is 2.19. The van der Waals surface area contributed by atoms with Gasteiger partial charge in [-0.3, -0.25) is 9.69 Å². The first-order valence-corrected chi connectivity index (χ1v) is 7.35. The lowest BCUT2D eigenvalue weighted by Gasteiger charge is -2.16. The Kier molecular flexibility index (Phi) is 5.14. The van der Waals surface area contributed by atoms with Gasteiger partial charge < -0.3 is 9.47 Å². The van der Waals surface area contributed by atoms with E-state index in [0.717, 1.165) is 29.8 Å². The molecule has 2 unspecified atom stereocenters. The lowest BCUT2D eigenvalue weighted by molar-refractivity contribution is -0.00461. The minimum Gasteiger partial charge on any atom is -0.377 e. The maximum Gasteiger partial charge on any atom is 0.177 e. The van der Waals surface area contributed by atoms with Gasteiger partial charge in [-0.25, -0.2) is 0 Å². The number of methoxy groups -OCH3 is 2. The summed E-state index contributed by atoms with van der Waals surface area (Å²) >= 11 is 0. The van der Waals surface area contributed by atoms with Crippen LogP contribution in [0.15, 0.2) is 12.1 Å². The van der Waals surface area contributed by atoms with Crippen LogP contribution in [-0.4, -0.2) is 56.7 Å². The second kappa shape index (κ2) is 6.69. The molecule has 1 aliphatic heterocycles. The fourth-order valence-electron chi connectivity index (χ4n) is 2.95. The third-order valence-electron chi connectivity index (χ3n) is 4.40. The van der Waals surface area contributed by atoms with Crippen molar-refractivity contribution < 1.29 is 14.3 Å². The van der Waals surface area contributed by atoms with Gasteiger partial charge in [-0.2, -0.15) is 0 Å². The largest absolute Gasteiger partial charge is 0.377 e. The average Bonchev–Trinajstić information content (AvgIpc) is 2.84. The molecule has 0 aromatic heterocycles. The SMILES string of the molecule is COC1CN(CC(=O)c2cc(C)c(C)cc2C)CC1OC. The highest BCUT2D eigenvalue weighted by atomic mass is 16.5. The second-order valence-electron chi connectivity index (χ2n) is 5.92. The minimum absolute atomic E-state index is 0.0450. The predicted molar refractivity (Wildman–Crippen MR) is 83.0 cm³/mol. The van der Waals surface area contributed by atoms with Gasteiger partial charge in [-0.15, -0.1) is 0 Å². The fourth-order valence-corrected chi connectivity index (χ4v) is 2.95. The summed E-state index contributed by atoms with van der Waals surface area (Å²) in [6, 6.07) is 4.09. The number of hydrogen-bond donors (Lipinski definition) is 0. The van der Waals surface area contributed by atoms with Gasteiger partial charge in [-0.05, 0) is 43.5 Å². The molecule has 4 heteroatoms. The van der Waals surface area contributed by atoms with Crippen molar-refractivity contribution in [3.8, 4) is 0 Å². The third-order valence-corrected chi connectivity index (χ3v) is 4.40. The lowest BCUT2D eigenvalue weighted by atomic mass is 9.98. The normalized spacial score (nSPS) is 22.7. The lowest BCUT2D eigenvalue weighted by Crippen LogP contribution is -2.29. The van der Waals surface area contributed by atoms with Crippen LogP contribution in [0.4, 0.5) is 0 Å². The first-order valence-electron chi connectivity index (χ1n) is 7.35. The highest BCUT2D eigenvalue weighted by molar-refractivity contribution is 5.99. The van der Waals surface area contributed by atoms with Crippen LogP contribution >= 0.6 is 0 Å². The van der Waals surface area contributed by atoms with Gasteiger partial charge in [0, 0.05) is 32.9 Å². The zero-order valence-electron chi connectivity index (χ0n) is 13.6. The maximum atomic E-state index is 12.6. The second-order valence-corrected chi connectivity index (χ2v) is 5.92. The Balaban J connectivity index is 2.07. The van der Waals surface area contributed by atoms with Crippen molar-refractivity contribution in [1.29, 1.82) is 0 Å². The van der Waals surface area contributed by atoms with Crippen LogP contribution in [0.3, 0.4) is 0 Å². The quantitative estimate of drug-likeness (QED) is 0.779. The molecule has 1 aromatic carbocycles. The molecule has 0 radical (unpaired) electrons. The Morgan fingerprint density at radius 3 is 2.10 bits per heavy atom. The smallest absolute Gasteiger partial charge is 0.177 e. The van der Waals surface area contributed by atoms with E-state index in [2.05, 4.69) is 17.9 Å². The minimum atomic E-state index is 0.0450. The van der Waals surface area contributed by atoms with Crippen LogP contribution in [0.5, 0.6) is 0 Å². The third kappa shape index (κ3) is 3.51. The van der Waals surface area contributed by atoms with Crippen molar-refractivity contribution >= 4 is 5.78 Å². The molecule has 1 saturated heterocycles. The molecule has 0 saturated carbocycles. The van der Waals surface area contributed by atoms with Crippen molar-refractivity contribution in [2.45, 2.75) is 33.0 Å². The Hall–Kier alpha value is -1.23. The number of Topliss-reactive ketones (excluding diaryl/α,β-unsaturated/α-hetero) is 1. The predicted octanol–water partition coefficient (Wildman–Crippen LogP) is 2.14. The molecule has 2 rings (SSSR count). The Morgan fingerprint density at radius 1 is 1.05 bits per heavy atom. The van der Waals surface area contributed by atoms with E-state index in [1.807, 2.05) is 19.9 Å². The van der Waals surface area contributed by atoms with E-state index >= 15 is 0 Å². The molecule has 0 bridgehead atoms. The van der Waals surface area contributed by atoms with E-state index in [1.54, 1.807) is 14.2 Å². The fraction of sp³-hybridized carbons (Fsp3) is 0.588. The van der Waals surface area contributed by atoms with Crippen molar-refractivity contribution in [2.24, 2.45) is 0 Å². The number of carbonyl (C=O) groups is 1. The first kappa shape index (κ1) is 16.1. The topological polar surface area (TPSA) is 38.8 Å². The van der Waals surface area contributed by atoms with Gasteiger partial charge in [-0.1, -0.05) is 6.07 Å². The van der Waals surface area contributed by atoms with Crippen molar-refractivity contribution in [2.75, 3.05) is 33.9 Å². The first-order chi connectivity index (χ1) is 9.96. The van der Waals surface area contributed by atoms with Gasteiger partial charge in [0.05, 0.1) is 18.8 Å². The van der Waals surface area contributed by atoms with Crippen LogP contribution < -0.4 is 0 Å². The number of ketones is 1. The van der Waals surface area contributed by atoms with Crippen molar-refractivity contribution in [3.63, 3.8) is 0 Å². The zero-order chi connectivity index (χ0) is 15.6. The summed E-state index contributed by atoms with van der Waals surface area (Å²) < 4.78 is 10.8. The molecule has 4 nitrogen and oxygen atoms in total. The van der Waals surface area contributed by atoms with Crippen LogP contribution in [0.1, 0.15) is 27.0 Å². The van der Waals surface area contributed by atoms with Crippen LogP contribution in [0.25, 0.3) is 0 Å². The molecule has 1 aliphatic rings. The van der Waals surface area contributed by atoms with E-state index in [0.29, 0.717) is 6.54 Å².